The molecular weight excluding hydrogens is 290 g/mol. The van der Waals surface area contributed by atoms with Gasteiger partial charge in [0.2, 0.25) is 0 Å². The van der Waals surface area contributed by atoms with Crippen molar-refractivity contribution in [3.8, 4) is 5.75 Å². The molecule has 0 aliphatic carbocycles. The van der Waals surface area contributed by atoms with Crippen LogP contribution in [-0.2, 0) is 17.7 Å². The summed E-state index contributed by atoms with van der Waals surface area (Å²) < 4.78 is 16.1. The summed E-state index contributed by atoms with van der Waals surface area (Å²) in [6, 6.07) is 10.4. The van der Waals surface area contributed by atoms with Gasteiger partial charge in [-0.25, -0.2) is 0 Å². The molecule has 3 rings (SSSR count). The van der Waals surface area contributed by atoms with Gasteiger partial charge in [0.1, 0.15) is 5.75 Å². The number of hydrogen-bond acceptors (Lipinski definition) is 4. The zero-order valence-electron chi connectivity index (χ0n) is 13.9. The molecule has 0 unspecified atom stereocenters. The Balaban J connectivity index is 1.63. The molecule has 0 amide bonds. The molecule has 0 saturated carbocycles. The van der Waals surface area contributed by atoms with Gasteiger partial charge in [0.25, 0.3) is 0 Å². The van der Waals surface area contributed by atoms with E-state index in [-0.39, 0.29) is 0 Å². The first-order chi connectivity index (χ1) is 11.3. The highest BCUT2D eigenvalue weighted by Crippen LogP contribution is 2.25. The van der Waals surface area contributed by atoms with Crippen molar-refractivity contribution in [3.05, 3.63) is 54.0 Å². The largest absolute Gasteiger partial charge is 0.497 e. The minimum Gasteiger partial charge on any atom is -0.497 e. The highest BCUT2D eigenvalue weighted by molar-refractivity contribution is 5.27. The van der Waals surface area contributed by atoms with Crippen molar-refractivity contribution in [2.24, 2.45) is 5.92 Å². The van der Waals surface area contributed by atoms with Crippen LogP contribution in [0.25, 0.3) is 0 Å². The molecule has 0 bridgehead atoms. The van der Waals surface area contributed by atoms with Crippen LogP contribution in [0.15, 0.2) is 47.3 Å². The fraction of sp³-hybridized carbons (Fsp3) is 0.474. The Hall–Kier alpha value is -1.78. The van der Waals surface area contributed by atoms with Crippen molar-refractivity contribution in [1.82, 2.24) is 4.90 Å². The van der Waals surface area contributed by atoms with E-state index < -0.39 is 0 Å². The number of likely N-dealkylation sites (tertiary alicyclic amines) is 1. The summed E-state index contributed by atoms with van der Waals surface area (Å²) in [5.41, 5.74) is 2.58. The summed E-state index contributed by atoms with van der Waals surface area (Å²) >= 11 is 0. The fourth-order valence-corrected chi connectivity index (χ4v) is 3.44. The molecule has 124 valence electrons. The molecule has 1 saturated heterocycles. The number of methoxy groups -OCH3 is 2. The van der Waals surface area contributed by atoms with Gasteiger partial charge < -0.3 is 13.9 Å². The van der Waals surface area contributed by atoms with Crippen LogP contribution in [0.4, 0.5) is 0 Å². The third-order valence-electron chi connectivity index (χ3n) is 4.69. The van der Waals surface area contributed by atoms with Gasteiger partial charge in [-0.2, -0.15) is 0 Å². The molecular formula is C19H25NO3. The maximum absolute atomic E-state index is 5.73. The Morgan fingerprint density at radius 1 is 1.13 bits per heavy atom. The molecule has 1 fully saturated rings. The first-order valence-corrected chi connectivity index (χ1v) is 8.17. The number of piperidine rings is 1. The molecule has 0 radical (unpaired) electrons. The lowest BCUT2D eigenvalue weighted by Crippen LogP contribution is -2.44. The molecule has 1 aromatic heterocycles. The first-order valence-electron chi connectivity index (χ1n) is 8.17. The molecule has 23 heavy (non-hydrogen) atoms. The second-order valence-electron chi connectivity index (χ2n) is 6.24. The Labute approximate surface area is 138 Å². The van der Waals surface area contributed by atoms with E-state index in [2.05, 4.69) is 17.0 Å². The zero-order chi connectivity index (χ0) is 16.1. The van der Waals surface area contributed by atoms with Gasteiger partial charge >= 0.3 is 0 Å². The van der Waals surface area contributed by atoms with Crippen LogP contribution in [0.5, 0.6) is 5.75 Å². The summed E-state index contributed by atoms with van der Waals surface area (Å²) in [4.78, 5) is 2.49. The predicted molar refractivity (Wildman–Crippen MR) is 89.6 cm³/mol. The minimum absolute atomic E-state index is 0.331. The molecule has 1 aliphatic rings. The predicted octanol–water partition coefficient (Wildman–Crippen LogP) is 3.37. The van der Waals surface area contributed by atoms with E-state index in [0.29, 0.717) is 12.0 Å². The maximum Gasteiger partial charge on any atom is 0.118 e. The molecule has 1 aromatic carbocycles. The SMILES string of the molecule is COc1ccc(C[C@@H]2CN(Cc3ccoc3)CC[C@@H]2OC)cc1. The Morgan fingerprint density at radius 3 is 2.61 bits per heavy atom. The van der Waals surface area contributed by atoms with Gasteiger partial charge in [0.05, 0.1) is 25.7 Å². The fourth-order valence-electron chi connectivity index (χ4n) is 3.44. The van der Waals surface area contributed by atoms with Crippen molar-refractivity contribution >= 4 is 0 Å². The normalized spacial score (nSPS) is 22.2. The van der Waals surface area contributed by atoms with Crippen LogP contribution in [-0.4, -0.2) is 38.3 Å². The molecule has 1 aliphatic heterocycles. The van der Waals surface area contributed by atoms with E-state index in [9.17, 15) is 0 Å². The van der Waals surface area contributed by atoms with Crippen molar-refractivity contribution in [1.29, 1.82) is 0 Å². The van der Waals surface area contributed by atoms with E-state index in [4.69, 9.17) is 13.9 Å². The van der Waals surface area contributed by atoms with Crippen LogP contribution in [0.2, 0.25) is 0 Å². The Kier molecular flexibility index (Phi) is 5.36. The third-order valence-corrected chi connectivity index (χ3v) is 4.69. The zero-order valence-corrected chi connectivity index (χ0v) is 13.9. The third kappa shape index (κ3) is 4.15. The maximum atomic E-state index is 5.73. The van der Waals surface area contributed by atoms with Crippen molar-refractivity contribution < 1.29 is 13.9 Å². The van der Waals surface area contributed by atoms with Gasteiger partial charge in [-0.05, 0) is 36.6 Å². The van der Waals surface area contributed by atoms with Gasteiger partial charge in [-0.15, -0.1) is 0 Å². The lowest BCUT2D eigenvalue weighted by atomic mass is 9.88. The highest BCUT2D eigenvalue weighted by atomic mass is 16.5. The average Bonchev–Trinajstić information content (AvgIpc) is 3.09. The number of nitrogens with zero attached hydrogens (tertiary/aromatic N) is 1. The summed E-state index contributed by atoms with van der Waals surface area (Å²) in [7, 11) is 3.53. The number of rotatable bonds is 6. The van der Waals surface area contributed by atoms with E-state index in [1.54, 1.807) is 13.4 Å². The standard InChI is InChI=1S/C19H25NO3/c1-21-18-5-3-15(4-6-18)11-17-13-20(9-7-19(17)22-2)12-16-8-10-23-14-16/h3-6,8,10,14,17,19H,7,9,11-13H2,1-2H3/t17-,19+/m1/s1. The lowest BCUT2D eigenvalue weighted by Gasteiger charge is -2.38. The van der Waals surface area contributed by atoms with Gasteiger partial charge in [0, 0.05) is 38.2 Å². The number of furan rings is 1. The number of benzene rings is 1. The van der Waals surface area contributed by atoms with Gasteiger partial charge in [-0.3, -0.25) is 4.90 Å². The summed E-state index contributed by atoms with van der Waals surface area (Å²) in [6.45, 7) is 3.07. The van der Waals surface area contributed by atoms with Crippen molar-refractivity contribution in [2.75, 3.05) is 27.3 Å². The van der Waals surface area contributed by atoms with E-state index in [0.717, 1.165) is 38.2 Å². The molecule has 4 heteroatoms. The summed E-state index contributed by atoms with van der Waals surface area (Å²) in [5.74, 6) is 1.41. The molecule has 0 N–H and O–H groups in total. The van der Waals surface area contributed by atoms with E-state index in [1.165, 1.54) is 11.1 Å². The number of hydrogen-bond donors (Lipinski definition) is 0. The number of ether oxygens (including phenoxy) is 2. The van der Waals surface area contributed by atoms with Gasteiger partial charge in [-0.1, -0.05) is 12.1 Å². The van der Waals surface area contributed by atoms with E-state index >= 15 is 0 Å². The Morgan fingerprint density at radius 2 is 1.96 bits per heavy atom. The van der Waals surface area contributed by atoms with Crippen molar-refractivity contribution in [3.63, 3.8) is 0 Å². The van der Waals surface area contributed by atoms with Crippen LogP contribution < -0.4 is 4.74 Å². The molecule has 2 aromatic rings. The Bertz CT molecular complexity index is 579. The highest BCUT2D eigenvalue weighted by Gasteiger charge is 2.29. The topological polar surface area (TPSA) is 34.8 Å². The molecule has 2 heterocycles. The van der Waals surface area contributed by atoms with Crippen molar-refractivity contribution in [2.45, 2.75) is 25.5 Å². The van der Waals surface area contributed by atoms with E-state index in [1.807, 2.05) is 31.6 Å². The van der Waals surface area contributed by atoms with Crippen LogP contribution in [0.3, 0.4) is 0 Å². The smallest absolute Gasteiger partial charge is 0.118 e. The quantitative estimate of drug-likeness (QED) is 0.818. The minimum atomic E-state index is 0.331. The summed E-state index contributed by atoms with van der Waals surface area (Å²) in [5, 5.41) is 0. The first kappa shape index (κ1) is 16.1. The second kappa shape index (κ2) is 7.66. The summed E-state index contributed by atoms with van der Waals surface area (Å²) in [6.07, 6.45) is 6.02. The van der Waals surface area contributed by atoms with Crippen LogP contribution in [0.1, 0.15) is 17.5 Å². The molecule has 2 atom stereocenters. The average molecular weight is 315 g/mol. The lowest BCUT2D eigenvalue weighted by molar-refractivity contribution is -0.00852. The molecule has 0 spiro atoms. The second-order valence-corrected chi connectivity index (χ2v) is 6.24. The van der Waals surface area contributed by atoms with Crippen LogP contribution >= 0.6 is 0 Å². The monoisotopic (exact) mass is 315 g/mol. The van der Waals surface area contributed by atoms with Crippen LogP contribution in [0, 0.1) is 5.92 Å². The van der Waals surface area contributed by atoms with Gasteiger partial charge in [0.15, 0.2) is 0 Å². The molecule has 4 nitrogen and oxygen atoms in total.